The van der Waals surface area contributed by atoms with E-state index in [1.54, 1.807) is 46.9 Å². The summed E-state index contributed by atoms with van der Waals surface area (Å²) in [6.45, 7) is 1.96. The number of benzene rings is 1. The maximum absolute atomic E-state index is 12.3. The molecular weight excluding hydrogens is 420 g/mol. The summed E-state index contributed by atoms with van der Waals surface area (Å²) in [5.41, 5.74) is 2.32. The number of aromatic nitrogens is 3. The van der Waals surface area contributed by atoms with Crippen molar-refractivity contribution in [3.8, 4) is 10.6 Å². The van der Waals surface area contributed by atoms with Crippen LogP contribution in [0.1, 0.15) is 5.01 Å². The molecule has 0 fully saturated rings. The Balaban J connectivity index is 1.54. The van der Waals surface area contributed by atoms with Crippen molar-refractivity contribution in [2.24, 2.45) is 0 Å². The van der Waals surface area contributed by atoms with E-state index in [-0.39, 0.29) is 11.7 Å². The molecule has 1 amide bonds. The molecule has 0 atom stereocenters. The number of fused-ring (bicyclic) bond motifs is 1. The van der Waals surface area contributed by atoms with Crippen LogP contribution in [0.3, 0.4) is 0 Å². The Hall–Kier alpha value is -2.00. The molecule has 0 saturated heterocycles. The first-order chi connectivity index (χ1) is 13.1. The first kappa shape index (κ1) is 18.4. The highest BCUT2D eigenvalue weighted by Gasteiger charge is 2.17. The van der Waals surface area contributed by atoms with Gasteiger partial charge in [0.25, 0.3) is 0 Å². The molecule has 9 heteroatoms. The smallest absolute Gasteiger partial charge is 0.234 e. The van der Waals surface area contributed by atoms with Gasteiger partial charge in [-0.2, -0.15) is 0 Å². The largest absolute Gasteiger partial charge is 0.325 e. The van der Waals surface area contributed by atoms with Gasteiger partial charge in [-0.05, 0) is 36.6 Å². The zero-order valence-electron chi connectivity index (χ0n) is 14.1. The van der Waals surface area contributed by atoms with Gasteiger partial charge >= 0.3 is 0 Å². The average Bonchev–Trinajstić information content (AvgIpc) is 3.28. The number of hydrogen-bond donors (Lipinski definition) is 1. The van der Waals surface area contributed by atoms with E-state index in [0.717, 1.165) is 25.8 Å². The number of nitrogens with one attached hydrogen (secondary N) is 1. The minimum Gasteiger partial charge on any atom is -0.325 e. The van der Waals surface area contributed by atoms with Crippen molar-refractivity contribution in [1.29, 1.82) is 0 Å². The van der Waals surface area contributed by atoms with Gasteiger partial charge in [0.1, 0.15) is 16.2 Å². The van der Waals surface area contributed by atoms with E-state index >= 15 is 0 Å². The van der Waals surface area contributed by atoms with Crippen LogP contribution in [-0.2, 0) is 4.79 Å². The number of amides is 1. The fourth-order valence-electron chi connectivity index (χ4n) is 2.49. The van der Waals surface area contributed by atoms with Crippen molar-refractivity contribution in [3.05, 3.63) is 51.8 Å². The Morgan fingerprint density at radius 2 is 2.15 bits per heavy atom. The first-order valence-electron chi connectivity index (χ1n) is 7.96. The van der Waals surface area contributed by atoms with Crippen LogP contribution in [0.4, 0.5) is 5.69 Å². The van der Waals surface area contributed by atoms with Crippen LogP contribution in [0, 0.1) is 6.92 Å². The number of thiazole rings is 1. The molecular formula is C18H13ClN4OS3. The highest BCUT2D eigenvalue weighted by molar-refractivity contribution is 8.00. The van der Waals surface area contributed by atoms with Crippen LogP contribution in [0.5, 0.6) is 0 Å². The minimum absolute atomic E-state index is 0.133. The van der Waals surface area contributed by atoms with Gasteiger partial charge in [-0.1, -0.05) is 35.5 Å². The van der Waals surface area contributed by atoms with E-state index in [1.807, 2.05) is 24.4 Å². The second-order valence-corrected chi connectivity index (χ2v) is 9.14. The van der Waals surface area contributed by atoms with Crippen LogP contribution in [-0.4, -0.2) is 26.8 Å². The SMILES string of the molecule is Cc1nc2c(SCC(=O)Nc3cccc(Cl)c3)nnc(-c3cccs3)c2s1. The van der Waals surface area contributed by atoms with E-state index in [9.17, 15) is 4.79 Å². The first-order valence-corrected chi connectivity index (χ1v) is 11.0. The predicted molar refractivity (Wildman–Crippen MR) is 114 cm³/mol. The molecule has 0 aliphatic rings. The summed E-state index contributed by atoms with van der Waals surface area (Å²) >= 11 is 10.5. The molecule has 136 valence electrons. The van der Waals surface area contributed by atoms with Crippen LogP contribution < -0.4 is 5.32 Å². The number of thioether (sulfide) groups is 1. The molecule has 1 aromatic carbocycles. The van der Waals surface area contributed by atoms with E-state index in [0.29, 0.717) is 15.7 Å². The van der Waals surface area contributed by atoms with Gasteiger partial charge in [0.05, 0.1) is 20.3 Å². The number of thiophene rings is 1. The molecule has 4 aromatic rings. The molecule has 5 nitrogen and oxygen atoms in total. The predicted octanol–water partition coefficient (Wildman–Crippen LogP) is 5.51. The van der Waals surface area contributed by atoms with Crippen molar-refractivity contribution in [2.45, 2.75) is 11.9 Å². The van der Waals surface area contributed by atoms with E-state index in [2.05, 4.69) is 20.5 Å². The molecule has 0 spiro atoms. The topological polar surface area (TPSA) is 67.8 Å². The van der Waals surface area contributed by atoms with Crippen molar-refractivity contribution in [1.82, 2.24) is 15.2 Å². The van der Waals surface area contributed by atoms with Gasteiger partial charge in [-0.3, -0.25) is 4.79 Å². The molecule has 3 heterocycles. The number of carbonyl (C=O) groups excluding carboxylic acids is 1. The van der Waals surface area contributed by atoms with Crippen LogP contribution >= 0.6 is 46.0 Å². The zero-order chi connectivity index (χ0) is 18.8. The third kappa shape index (κ3) is 4.14. The number of aryl methyl sites for hydroxylation is 1. The quantitative estimate of drug-likeness (QED) is 0.421. The number of anilines is 1. The number of rotatable bonds is 5. The van der Waals surface area contributed by atoms with Gasteiger partial charge in [0, 0.05) is 10.7 Å². The summed E-state index contributed by atoms with van der Waals surface area (Å²) in [5.74, 6) is 0.0806. The van der Waals surface area contributed by atoms with Crippen LogP contribution in [0.2, 0.25) is 5.02 Å². The second-order valence-electron chi connectivity index (χ2n) is 5.59. The maximum Gasteiger partial charge on any atom is 0.234 e. The van der Waals surface area contributed by atoms with Crippen LogP contribution in [0.25, 0.3) is 20.8 Å². The van der Waals surface area contributed by atoms with Gasteiger partial charge < -0.3 is 5.32 Å². The van der Waals surface area contributed by atoms with Crippen molar-refractivity contribution >= 4 is 67.8 Å². The Bertz CT molecular complexity index is 1110. The van der Waals surface area contributed by atoms with Crippen molar-refractivity contribution in [3.63, 3.8) is 0 Å². The van der Waals surface area contributed by atoms with E-state index in [1.165, 1.54) is 11.8 Å². The summed E-state index contributed by atoms with van der Waals surface area (Å²) in [7, 11) is 0. The fourth-order valence-corrected chi connectivity index (χ4v) is 5.17. The molecule has 0 aliphatic carbocycles. The Labute approximate surface area is 172 Å². The normalized spacial score (nSPS) is 11.0. The fraction of sp³-hybridized carbons (Fsp3) is 0.111. The Morgan fingerprint density at radius 1 is 1.26 bits per heavy atom. The van der Waals surface area contributed by atoms with Crippen LogP contribution in [0.15, 0.2) is 46.8 Å². The Morgan fingerprint density at radius 3 is 2.93 bits per heavy atom. The Kier molecular flexibility index (Phi) is 5.40. The third-order valence-electron chi connectivity index (χ3n) is 3.60. The van der Waals surface area contributed by atoms with E-state index in [4.69, 9.17) is 11.6 Å². The molecule has 0 saturated carbocycles. The molecule has 0 unspecified atom stereocenters. The van der Waals surface area contributed by atoms with Crippen molar-refractivity contribution in [2.75, 3.05) is 11.1 Å². The van der Waals surface area contributed by atoms with Gasteiger partial charge in [0.2, 0.25) is 5.91 Å². The molecule has 0 bridgehead atoms. The molecule has 0 radical (unpaired) electrons. The highest BCUT2D eigenvalue weighted by Crippen LogP contribution is 2.36. The molecule has 3 aromatic heterocycles. The summed E-state index contributed by atoms with van der Waals surface area (Å²) in [5, 5.41) is 15.8. The molecule has 1 N–H and O–H groups in total. The highest BCUT2D eigenvalue weighted by atomic mass is 35.5. The van der Waals surface area contributed by atoms with Gasteiger partial charge in [0.15, 0.2) is 0 Å². The number of nitrogens with zero attached hydrogens (tertiary/aromatic N) is 3. The third-order valence-corrected chi connectivity index (χ3v) is 6.64. The number of halogens is 1. The zero-order valence-corrected chi connectivity index (χ0v) is 17.3. The summed E-state index contributed by atoms with van der Waals surface area (Å²) < 4.78 is 1.00. The lowest BCUT2D eigenvalue weighted by Gasteiger charge is -2.06. The lowest BCUT2D eigenvalue weighted by Crippen LogP contribution is -2.14. The number of hydrogen-bond acceptors (Lipinski definition) is 7. The molecule has 27 heavy (non-hydrogen) atoms. The standard InChI is InChI=1S/C18H13ClN4OS3/c1-10-20-16-17(27-10)15(13-6-3-7-25-13)22-23-18(16)26-9-14(24)21-12-5-2-4-11(19)8-12/h2-8H,9H2,1H3,(H,21,24). The molecule has 0 aliphatic heterocycles. The maximum atomic E-state index is 12.3. The second kappa shape index (κ2) is 7.93. The minimum atomic E-state index is -0.133. The molecule has 4 rings (SSSR count). The number of carbonyl (C=O) groups is 1. The van der Waals surface area contributed by atoms with Gasteiger partial charge in [-0.15, -0.1) is 32.9 Å². The monoisotopic (exact) mass is 432 g/mol. The van der Waals surface area contributed by atoms with Crippen molar-refractivity contribution < 1.29 is 4.79 Å². The summed E-state index contributed by atoms with van der Waals surface area (Å²) in [6.07, 6.45) is 0. The lowest BCUT2D eigenvalue weighted by molar-refractivity contribution is -0.113. The summed E-state index contributed by atoms with van der Waals surface area (Å²) in [6, 6.07) is 11.1. The van der Waals surface area contributed by atoms with E-state index < -0.39 is 0 Å². The average molecular weight is 433 g/mol. The van der Waals surface area contributed by atoms with Gasteiger partial charge in [-0.25, -0.2) is 4.98 Å². The lowest BCUT2D eigenvalue weighted by atomic mass is 10.3. The summed E-state index contributed by atoms with van der Waals surface area (Å²) in [4.78, 5) is 17.9.